The third-order valence-corrected chi connectivity index (χ3v) is 3.55. The normalized spacial score (nSPS) is 16.1. The van der Waals surface area contributed by atoms with Crippen LogP contribution in [0, 0.1) is 17.6 Å². The second kappa shape index (κ2) is 8.51. The predicted octanol–water partition coefficient (Wildman–Crippen LogP) is 3.61. The van der Waals surface area contributed by atoms with Crippen LogP contribution in [0.25, 0.3) is 0 Å². The first-order valence-electron chi connectivity index (χ1n) is 7.02. The van der Waals surface area contributed by atoms with E-state index in [-0.39, 0.29) is 30.0 Å². The molecule has 6 heteroatoms. The Hall–Kier alpha value is -0.920. The van der Waals surface area contributed by atoms with Crippen LogP contribution >= 0.6 is 24.0 Å². The molecule has 1 aromatic carbocycles. The number of hydrogen-bond acceptors (Lipinski definition) is 1. The Kier molecular flexibility index (Phi) is 7.34. The van der Waals surface area contributed by atoms with Crippen LogP contribution in [0.5, 0.6) is 0 Å². The molecule has 2 rings (SSSR count). The minimum Gasteiger partial charge on any atom is -0.356 e. The molecule has 0 bridgehead atoms. The average Bonchev–Trinajstić information content (AvgIpc) is 3.21. The van der Waals surface area contributed by atoms with E-state index in [0.29, 0.717) is 11.5 Å². The van der Waals surface area contributed by atoms with Crippen LogP contribution in [0.15, 0.2) is 23.2 Å². The molecule has 0 amide bonds. The van der Waals surface area contributed by atoms with E-state index in [2.05, 4.69) is 15.6 Å². The molecule has 0 aromatic heterocycles. The van der Waals surface area contributed by atoms with E-state index in [4.69, 9.17) is 0 Å². The summed E-state index contributed by atoms with van der Waals surface area (Å²) < 4.78 is 26.6. The first-order valence-corrected chi connectivity index (χ1v) is 7.02. The standard InChI is InChI=1S/C15H21F2N3.HI/c1-10(13-6-5-12(16)9-14(13)17)20-15(18-2)19-8-7-11-3-4-11;/h5-6,9-11H,3-4,7-8H2,1-2H3,(H2,18,19,20);1H. The zero-order valence-electron chi connectivity index (χ0n) is 12.3. The van der Waals surface area contributed by atoms with Gasteiger partial charge in [-0.15, -0.1) is 24.0 Å². The molecular formula is C15H22F2IN3. The summed E-state index contributed by atoms with van der Waals surface area (Å²) in [6.45, 7) is 2.69. The maximum absolute atomic E-state index is 13.7. The summed E-state index contributed by atoms with van der Waals surface area (Å²) in [5.74, 6) is 0.387. The van der Waals surface area contributed by atoms with E-state index in [9.17, 15) is 8.78 Å². The molecule has 0 heterocycles. The van der Waals surface area contributed by atoms with Crippen molar-refractivity contribution >= 4 is 29.9 Å². The minimum atomic E-state index is -0.564. The summed E-state index contributed by atoms with van der Waals surface area (Å²) in [4.78, 5) is 4.12. The molecule has 1 atom stereocenters. The molecule has 2 N–H and O–H groups in total. The van der Waals surface area contributed by atoms with Gasteiger partial charge in [0.25, 0.3) is 0 Å². The number of guanidine groups is 1. The quantitative estimate of drug-likeness (QED) is 0.443. The monoisotopic (exact) mass is 409 g/mol. The number of halogens is 3. The van der Waals surface area contributed by atoms with Crippen LogP contribution in [0.2, 0.25) is 0 Å². The molecule has 1 aliphatic rings. The summed E-state index contributed by atoms with van der Waals surface area (Å²) in [5.41, 5.74) is 0.427. The van der Waals surface area contributed by atoms with E-state index >= 15 is 0 Å². The maximum atomic E-state index is 13.7. The Morgan fingerprint density at radius 1 is 1.38 bits per heavy atom. The molecule has 118 valence electrons. The molecule has 0 spiro atoms. The molecule has 1 aliphatic carbocycles. The van der Waals surface area contributed by atoms with Gasteiger partial charge in [-0.05, 0) is 25.3 Å². The van der Waals surface area contributed by atoms with Crippen molar-refractivity contribution in [1.29, 1.82) is 0 Å². The highest BCUT2D eigenvalue weighted by molar-refractivity contribution is 14.0. The number of rotatable bonds is 5. The molecule has 1 saturated carbocycles. The first-order chi connectivity index (χ1) is 9.60. The lowest BCUT2D eigenvalue weighted by Crippen LogP contribution is -2.39. The fourth-order valence-corrected chi connectivity index (χ4v) is 2.13. The SMILES string of the molecule is CN=C(NCCC1CC1)NC(C)c1ccc(F)cc1F.I. The highest BCUT2D eigenvalue weighted by Crippen LogP contribution is 2.31. The molecule has 1 fully saturated rings. The van der Waals surface area contributed by atoms with Gasteiger partial charge in [-0.3, -0.25) is 4.99 Å². The second-order valence-electron chi connectivity index (χ2n) is 5.26. The smallest absolute Gasteiger partial charge is 0.191 e. The van der Waals surface area contributed by atoms with Crippen molar-refractivity contribution in [3.8, 4) is 0 Å². The molecule has 0 radical (unpaired) electrons. The third kappa shape index (κ3) is 5.76. The topological polar surface area (TPSA) is 36.4 Å². The van der Waals surface area contributed by atoms with Crippen molar-refractivity contribution in [2.75, 3.05) is 13.6 Å². The molecule has 21 heavy (non-hydrogen) atoms. The molecule has 3 nitrogen and oxygen atoms in total. The largest absolute Gasteiger partial charge is 0.356 e. The van der Waals surface area contributed by atoms with Crippen molar-refractivity contribution in [1.82, 2.24) is 10.6 Å². The van der Waals surface area contributed by atoms with E-state index in [1.54, 1.807) is 7.05 Å². The lowest BCUT2D eigenvalue weighted by molar-refractivity contribution is 0.550. The summed E-state index contributed by atoms with van der Waals surface area (Å²) in [6.07, 6.45) is 3.79. The Labute approximate surface area is 141 Å². The minimum absolute atomic E-state index is 0. The fourth-order valence-electron chi connectivity index (χ4n) is 2.13. The van der Waals surface area contributed by atoms with Crippen molar-refractivity contribution < 1.29 is 8.78 Å². The van der Waals surface area contributed by atoms with Gasteiger partial charge in [-0.1, -0.05) is 18.9 Å². The third-order valence-electron chi connectivity index (χ3n) is 3.55. The van der Waals surface area contributed by atoms with Crippen LogP contribution in [0.4, 0.5) is 8.78 Å². The Bertz CT molecular complexity index is 490. The van der Waals surface area contributed by atoms with Crippen molar-refractivity contribution in [2.45, 2.75) is 32.2 Å². The Morgan fingerprint density at radius 2 is 2.10 bits per heavy atom. The number of hydrogen-bond donors (Lipinski definition) is 2. The van der Waals surface area contributed by atoms with Gasteiger partial charge in [-0.2, -0.15) is 0 Å². The van der Waals surface area contributed by atoms with Crippen LogP contribution in [-0.2, 0) is 0 Å². The number of aliphatic imine (C=N–C) groups is 1. The molecule has 0 aliphatic heterocycles. The summed E-state index contributed by atoms with van der Waals surface area (Å²) >= 11 is 0. The van der Waals surface area contributed by atoms with Gasteiger partial charge < -0.3 is 10.6 Å². The van der Waals surface area contributed by atoms with E-state index in [1.165, 1.54) is 25.0 Å². The van der Waals surface area contributed by atoms with Gasteiger partial charge in [0.2, 0.25) is 0 Å². The highest BCUT2D eigenvalue weighted by Gasteiger charge is 2.20. The summed E-state index contributed by atoms with van der Waals surface area (Å²) in [6, 6.07) is 3.35. The predicted molar refractivity (Wildman–Crippen MR) is 92.0 cm³/mol. The maximum Gasteiger partial charge on any atom is 0.191 e. The Morgan fingerprint density at radius 3 is 2.67 bits per heavy atom. The van der Waals surface area contributed by atoms with E-state index in [0.717, 1.165) is 24.9 Å². The molecule has 1 aromatic rings. The van der Waals surface area contributed by atoms with E-state index in [1.807, 2.05) is 6.92 Å². The van der Waals surface area contributed by atoms with Crippen LogP contribution in [0.1, 0.15) is 37.8 Å². The molecule has 1 unspecified atom stereocenters. The van der Waals surface area contributed by atoms with Gasteiger partial charge in [0.05, 0.1) is 6.04 Å². The van der Waals surface area contributed by atoms with Gasteiger partial charge in [0, 0.05) is 25.2 Å². The van der Waals surface area contributed by atoms with Crippen molar-refractivity contribution in [3.63, 3.8) is 0 Å². The summed E-state index contributed by atoms with van der Waals surface area (Å²) in [7, 11) is 1.68. The average molecular weight is 409 g/mol. The van der Waals surface area contributed by atoms with Crippen LogP contribution < -0.4 is 10.6 Å². The van der Waals surface area contributed by atoms with Crippen LogP contribution in [-0.4, -0.2) is 19.6 Å². The molecule has 0 saturated heterocycles. The van der Waals surface area contributed by atoms with Crippen molar-refractivity contribution in [3.05, 3.63) is 35.4 Å². The van der Waals surface area contributed by atoms with E-state index < -0.39 is 11.6 Å². The zero-order valence-corrected chi connectivity index (χ0v) is 14.7. The van der Waals surface area contributed by atoms with Gasteiger partial charge in [0.15, 0.2) is 5.96 Å². The second-order valence-corrected chi connectivity index (χ2v) is 5.26. The fraction of sp³-hybridized carbons (Fsp3) is 0.533. The zero-order chi connectivity index (χ0) is 14.5. The summed E-state index contributed by atoms with van der Waals surface area (Å²) in [5, 5.41) is 6.33. The highest BCUT2D eigenvalue weighted by atomic mass is 127. The first kappa shape index (κ1) is 18.1. The molecular weight excluding hydrogens is 387 g/mol. The number of nitrogens with one attached hydrogen (secondary N) is 2. The lowest BCUT2D eigenvalue weighted by Gasteiger charge is -2.18. The lowest BCUT2D eigenvalue weighted by atomic mass is 10.1. The van der Waals surface area contributed by atoms with Gasteiger partial charge >= 0.3 is 0 Å². The van der Waals surface area contributed by atoms with Crippen LogP contribution in [0.3, 0.4) is 0 Å². The number of nitrogens with zero attached hydrogens (tertiary/aromatic N) is 1. The van der Waals surface area contributed by atoms with Gasteiger partial charge in [0.1, 0.15) is 11.6 Å². The Balaban J connectivity index is 0.00000220. The van der Waals surface area contributed by atoms with Crippen molar-refractivity contribution in [2.24, 2.45) is 10.9 Å². The van der Waals surface area contributed by atoms with Gasteiger partial charge in [-0.25, -0.2) is 8.78 Å². The number of benzene rings is 1.